The zero-order valence-electron chi connectivity index (χ0n) is 11.5. The van der Waals surface area contributed by atoms with Gasteiger partial charge in [-0.3, -0.25) is 4.79 Å². The molecule has 110 valence electrons. The standard InChI is InChI=1S/C13H18N2O5/c1-18-6-5-15-12(16)8-20-11-7-9(13(17)19-2)3-4-10(11)14/h3-4,7H,5-6,8,14H2,1-2H3,(H,15,16). The third-order valence-electron chi connectivity index (χ3n) is 2.42. The lowest BCUT2D eigenvalue weighted by Crippen LogP contribution is -2.31. The largest absolute Gasteiger partial charge is 0.482 e. The van der Waals surface area contributed by atoms with Crippen LogP contribution in [0.1, 0.15) is 10.4 Å². The Kier molecular flexibility index (Phi) is 6.31. The molecule has 0 heterocycles. The fourth-order valence-electron chi connectivity index (χ4n) is 1.39. The minimum absolute atomic E-state index is 0.196. The number of hydrogen-bond acceptors (Lipinski definition) is 6. The van der Waals surface area contributed by atoms with Gasteiger partial charge in [-0.25, -0.2) is 4.79 Å². The van der Waals surface area contributed by atoms with Gasteiger partial charge in [-0.1, -0.05) is 0 Å². The van der Waals surface area contributed by atoms with Crippen LogP contribution in [-0.2, 0) is 14.3 Å². The van der Waals surface area contributed by atoms with Crippen LogP contribution in [0.3, 0.4) is 0 Å². The second kappa shape index (κ2) is 8.00. The number of methoxy groups -OCH3 is 2. The van der Waals surface area contributed by atoms with Gasteiger partial charge in [0.2, 0.25) is 0 Å². The number of nitrogen functional groups attached to an aromatic ring is 1. The first-order valence-corrected chi connectivity index (χ1v) is 5.94. The summed E-state index contributed by atoms with van der Waals surface area (Å²) in [4.78, 5) is 22.8. The lowest BCUT2D eigenvalue weighted by Gasteiger charge is -2.10. The topological polar surface area (TPSA) is 99.9 Å². The number of ether oxygens (including phenoxy) is 3. The Morgan fingerprint density at radius 3 is 2.70 bits per heavy atom. The molecular formula is C13H18N2O5. The molecular weight excluding hydrogens is 264 g/mol. The summed E-state index contributed by atoms with van der Waals surface area (Å²) in [5.41, 5.74) is 6.35. The molecule has 0 saturated heterocycles. The molecule has 0 bridgehead atoms. The van der Waals surface area contributed by atoms with Crippen LogP contribution in [0.4, 0.5) is 5.69 Å². The van der Waals surface area contributed by atoms with E-state index in [-0.39, 0.29) is 18.3 Å². The molecule has 1 amide bonds. The van der Waals surface area contributed by atoms with Crippen molar-refractivity contribution in [3.05, 3.63) is 23.8 Å². The third-order valence-corrected chi connectivity index (χ3v) is 2.42. The summed E-state index contributed by atoms with van der Waals surface area (Å²) < 4.78 is 14.7. The highest BCUT2D eigenvalue weighted by Crippen LogP contribution is 2.23. The van der Waals surface area contributed by atoms with E-state index in [0.29, 0.717) is 24.4 Å². The third kappa shape index (κ3) is 4.77. The Hall–Kier alpha value is -2.28. The SMILES string of the molecule is COCCNC(=O)COc1cc(C(=O)OC)ccc1N. The number of nitrogens with two attached hydrogens (primary N) is 1. The van der Waals surface area contributed by atoms with Crippen molar-refractivity contribution in [2.45, 2.75) is 0 Å². The predicted molar refractivity (Wildman–Crippen MR) is 72.6 cm³/mol. The molecule has 1 aromatic rings. The van der Waals surface area contributed by atoms with Crippen LogP contribution in [0.15, 0.2) is 18.2 Å². The summed E-state index contributed by atoms with van der Waals surface area (Å²) in [6.45, 7) is 0.626. The summed E-state index contributed by atoms with van der Waals surface area (Å²) >= 11 is 0. The molecule has 1 aromatic carbocycles. The normalized spacial score (nSPS) is 9.90. The number of nitrogens with one attached hydrogen (secondary N) is 1. The van der Waals surface area contributed by atoms with Crippen molar-refractivity contribution in [3.63, 3.8) is 0 Å². The maximum Gasteiger partial charge on any atom is 0.337 e. The second-order valence-electron chi connectivity index (χ2n) is 3.88. The molecule has 0 atom stereocenters. The Labute approximate surface area is 117 Å². The molecule has 0 aromatic heterocycles. The molecule has 3 N–H and O–H groups in total. The number of carbonyl (C=O) groups is 2. The number of amides is 1. The summed E-state index contributed by atoms with van der Waals surface area (Å²) in [5, 5.41) is 2.60. The molecule has 0 unspecified atom stereocenters. The molecule has 0 aliphatic carbocycles. The van der Waals surface area contributed by atoms with Crippen molar-refractivity contribution < 1.29 is 23.8 Å². The number of esters is 1. The number of rotatable bonds is 7. The Morgan fingerprint density at radius 2 is 2.05 bits per heavy atom. The molecule has 1 rings (SSSR count). The quantitative estimate of drug-likeness (QED) is 0.421. The van der Waals surface area contributed by atoms with Crippen LogP contribution in [0.25, 0.3) is 0 Å². The minimum atomic E-state index is -0.501. The van der Waals surface area contributed by atoms with Gasteiger partial charge in [-0.05, 0) is 18.2 Å². The van der Waals surface area contributed by atoms with E-state index in [1.807, 2.05) is 0 Å². The van der Waals surface area contributed by atoms with Crippen molar-refractivity contribution in [1.29, 1.82) is 0 Å². The van der Waals surface area contributed by atoms with Crippen molar-refractivity contribution in [2.75, 3.05) is 39.7 Å². The molecule has 0 aliphatic rings. The van der Waals surface area contributed by atoms with Crippen molar-refractivity contribution in [3.8, 4) is 5.75 Å². The number of benzene rings is 1. The second-order valence-corrected chi connectivity index (χ2v) is 3.88. The summed E-state index contributed by atoms with van der Waals surface area (Å²) in [5.74, 6) is -0.542. The van der Waals surface area contributed by atoms with Crippen LogP contribution in [0.5, 0.6) is 5.75 Å². The van der Waals surface area contributed by atoms with Gasteiger partial charge in [0.05, 0.1) is 25.0 Å². The van der Waals surface area contributed by atoms with E-state index in [1.165, 1.54) is 25.3 Å². The monoisotopic (exact) mass is 282 g/mol. The highest BCUT2D eigenvalue weighted by molar-refractivity contribution is 5.90. The smallest absolute Gasteiger partial charge is 0.337 e. The van der Waals surface area contributed by atoms with Crippen LogP contribution < -0.4 is 15.8 Å². The van der Waals surface area contributed by atoms with E-state index in [4.69, 9.17) is 15.2 Å². The highest BCUT2D eigenvalue weighted by atomic mass is 16.5. The summed E-state index contributed by atoms with van der Waals surface area (Å²) in [6, 6.07) is 4.47. The molecule has 0 radical (unpaired) electrons. The summed E-state index contributed by atoms with van der Waals surface area (Å²) in [7, 11) is 2.82. The lowest BCUT2D eigenvalue weighted by molar-refractivity contribution is -0.123. The van der Waals surface area contributed by atoms with Gasteiger partial charge in [-0.15, -0.1) is 0 Å². The highest BCUT2D eigenvalue weighted by Gasteiger charge is 2.10. The Balaban J connectivity index is 2.58. The number of carbonyl (C=O) groups excluding carboxylic acids is 2. The molecule has 0 spiro atoms. The van der Waals surface area contributed by atoms with E-state index >= 15 is 0 Å². The first kappa shape index (κ1) is 15.8. The maximum absolute atomic E-state index is 11.5. The van der Waals surface area contributed by atoms with E-state index in [9.17, 15) is 9.59 Å². The van der Waals surface area contributed by atoms with E-state index < -0.39 is 5.97 Å². The van der Waals surface area contributed by atoms with Gasteiger partial charge in [0, 0.05) is 13.7 Å². The first-order chi connectivity index (χ1) is 9.58. The molecule has 0 saturated carbocycles. The fourth-order valence-corrected chi connectivity index (χ4v) is 1.39. The van der Waals surface area contributed by atoms with Gasteiger partial charge in [0.25, 0.3) is 5.91 Å². The van der Waals surface area contributed by atoms with Gasteiger partial charge in [0.15, 0.2) is 6.61 Å². The molecule has 0 fully saturated rings. The van der Waals surface area contributed by atoms with Gasteiger partial charge in [0.1, 0.15) is 5.75 Å². The van der Waals surface area contributed by atoms with Crippen molar-refractivity contribution in [1.82, 2.24) is 5.32 Å². The molecule has 0 aliphatic heterocycles. The van der Waals surface area contributed by atoms with E-state index in [2.05, 4.69) is 10.1 Å². The van der Waals surface area contributed by atoms with Crippen LogP contribution >= 0.6 is 0 Å². The van der Waals surface area contributed by atoms with E-state index in [0.717, 1.165) is 0 Å². The number of hydrogen-bond donors (Lipinski definition) is 2. The predicted octanol–water partition coefficient (Wildman–Crippen LogP) is 0.197. The Morgan fingerprint density at radius 1 is 1.30 bits per heavy atom. The van der Waals surface area contributed by atoms with Crippen LogP contribution in [0.2, 0.25) is 0 Å². The minimum Gasteiger partial charge on any atom is -0.482 e. The molecule has 7 heteroatoms. The van der Waals surface area contributed by atoms with E-state index in [1.54, 1.807) is 7.11 Å². The van der Waals surface area contributed by atoms with Gasteiger partial charge in [-0.2, -0.15) is 0 Å². The first-order valence-electron chi connectivity index (χ1n) is 5.94. The van der Waals surface area contributed by atoms with Crippen molar-refractivity contribution >= 4 is 17.6 Å². The maximum atomic E-state index is 11.5. The number of anilines is 1. The molecule has 20 heavy (non-hydrogen) atoms. The van der Waals surface area contributed by atoms with Gasteiger partial charge < -0.3 is 25.3 Å². The average Bonchev–Trinajstić information content (AvgIpc) is 2.46. The van der Waals surface area contributed by atoms with Crippen molar-refractivity contribution in [2.24, 2.45) is 0 Å². The Bertz CT molecular complexity index is 476. The van der Waals surface area contributed by atoms with Crippen LogP contribution in [0, 0.1) is 0 Å². The zero-order chi connectivity index (χ0) is 15.0. The molecule has 7 nitrogen and oxygen atoms in total. The summed E-state index contributed by atoms with van der Waals surface area (Å²) in [6.07, 6.45) is 0. The fraction of sp³-hybridized carbons (Fsp3) is 0.385. The average molecular weight is 282 g/mol. The van der Waals surface area contributed by atoms with Crippen LogP contribution in [-0.4, -0.2) is 45.9 Å². The van der Waals surface area contributed by atoms with Gasteiger partial charge >= 0.3 is 5.97 Å². The lowest BCUT2D eigenvalue weighted by atomic mass is 10.2. The zero-order valence-corrected chi connectivity index (χ0v) is 11.5.